The smallest absolute Gasteiger partial charge is 0.312 e. The Morgan fingerprint density at radius 3 is 2.42 bits per heavy atom. The minimum absolute atomic E-state index is 0.00377. The summed E-state index contributed by atoms with van der Waals surface area (Å²) in [6, 6.07) is 3.51. The summed E-state index contributed by atoms with van der Waals surface area (Å²) in [7, 11) is -3.50. The van der Waals surface area contributed by atoms with Crippen molar-refractivity contribution in [3.63, 3.8) is 0 Å². The fourth-order valence-corrected chi connectivity index (χ4v) is 1.90. The molecular formula is C11H16N2O5S. The first kappa shape index (κ1) is 15.4. The van der Waals surface area contributed by atoms with Gasteiger partial charge in [-0.2, -0.15) is 0 Å². The van der Waals surface area contributed by atoms with E-state index in [0.29, 0.717) is 0 Å². The third kappa shape index (κ3) is 4.49. The molecule has 0 unspecified atom stereocenters. The summed E-state index contributed by atoms with van der Waals surface area (Å²) in [4.78, 5) is 10.1. The number of nitrogens with two attached hydrogens (primary N) is 1. The molecule has 19 heavy (non-hydrogen) atoms. The van der Waals surface area contributed by atoms with Crippen LogP contribution in [0.2, 0.25) is 0 Å². The highest BCUT2D eigenvalue weighted by molar-refractivity contribution is 7.90. The van der Waals surface area contributed by atoms with Crippen molar-refractivity contribution in [2.45, 2.75) is 24.3 Å². The zero-order valence-electron chi connectivity index (χ0n) is 10.9. The van der Waals surface area contributed by atoms with Gasteiger partial charge in [0.25, 0.3) is 0 Å². The molecule has 0 bridgehead atoms. The molecule has 0 atom stereocenters. The first-order valence-corrected chi connectivity index (χ1v) is 7.30. The van der Waals surface area contributed by atoms with E-state index in [1.54, 1.807) is 13.8 Å². The summed E-state index contributed by atoms with van der Waals surface area (Å²) in [5.74, 6) is -0.00377. The third-order valence-electron chi connectivity index (χ3n) is 2.15. The number of hydrogen-bond acceptors (Lipinski definition) is 6. The Bertz CT molecular complexity index is 590. The van der Waals surface area contributed by atoms with Crippen LogP contribution in [0.1, 0.15) is 13.8 Å². The molecule has 1 aromatic rings. The maximum Gasteiger partial charge on any atom is 0.312 e. The molecule has 0 aliphatic rings. The number of ether oxygens (including phenoxy) is 1. The van der Waals surface area contributed by atoms with E-state index in [-0.39, 0.29) is 17.3 Å². The van der Waals surface area contributed by atoms with Gasteiger partial charge in [0.2, 0.25) is 0 Å². The monoisotopic (exact) mass is 288 g/mol. The van der Waals surface area contributed by atoms with Crippen molar-refractivity contribution < 1.29 is 18.1 Å². The molecule has 2 N–H and O–H groups in total. The minimum atomic E-state index is -3.50. The average molecular weight is 288 g/mol. The predicted octanol–water partition coefficient (Wildman–Crippen LogP) is 1.11. The SMILES string of the molecule is CC(C)(N)COc1ccc(S(C)(=O)=O)cc1[N+](=O)[O-]. The van der Waals surface area contributed by atoms with Gasteiger partial charge in [0.15, 0.2) is 15.6 Å². The number of hydrogen-bond donors (Lipinski definition) is 1. The van der Waals surface area contributed by atoms with Crippen LogP contribution < -0.4 is 10.5 Å². The maximum absolute atomic E-state index is 11.4. The number of sulfone groups is 1. The van der Waals surface area contributed by atoms with Crippen LogP contribution >= 0.6 is 0 Å². The van der Waals surface area contributed by atoms with E-state index in [1.165, 1.54) is 12.1 Å². The molecule has 0 aliphatic carbocycles. The second-order valence-electron chi connectivity index (χ2n) is 4.94. The summed E-state index contributed by atoms with van der Waals surface area (Å²) in [5, 5.41) is 10.9. The Hall–Kier alpha value is -1.67. The molecule has 0 fully saturated rings. The molecule has 0 aromatic heterocycles. The molecule has 0 saturated heterocycles. The van der Waals surface area contributed by atoms with Gasteiger partial charge in [0.1, 0.15) is 6.61 Å². The zero-order valence-corrected chi connectivity index (χ0v) is 11.7. The van der Waals surface area contributed by atoms with E-state index in [0.717, 1.165) is 12.3 Å². The van der Waals surface area contributed by atoms with E-state index < -0.39 is 26.0 Å². The minimum Gasteiger partial charge on any atom is -0.485 e. The lowest BCUT2D eigenvalue weighted by molar-refractivity contribution is -0.386. The second kappa shape index (κ2) is 5.14. The van der Waals surface area contributed by atoms with Crippen LogP contribution in [0.5, 0.6) is 5.75 Å². The van der Waals surface area contributed by atoms with Crippen molar-refractivity contribution in [2.75, 3.05) is 12.9 Å². The normalized spacial score (nSPS) is 12.2. The van der Waals surface area contributed by atoms with Crippen LogP contribution in [0.4, 0.5) is 5.69 Å². The fraction of sp³-hybridized carbons (Fsp3) is 0.455. The maximum atomic E-state index is 11.4. The van der Waals surface area contributed by atoms with Gasteiger partial charge >= 0.3 is 5.69 Å². The Kier molecular flexibility index (Phi) is 4.16. The van der Waals surface area contributed by atoms with Crippen LogP contribution in [0.3, 0.4) is 0 Å². The van der Waals surface area contributed by atoms with Crippen LogP contribution in [0, 0.1) is 10.1 Å². The number of nitro benzene ring substituents is 1. The lowest BCUT2D eigenvalue weighted by atomic mass is 10.1. The van der Waals surface area contributed by atoms with Crippen LogP contribution in [-0.4, -0.2) is 31.7 Å². The van der Waals surface area contributed by atoms with E-state index in [2.05, 4.69) is 0 Å². The van der Waals surface area contributed by atoms with Gasteiger partial charge in [0.05, 0.1) is 9.82 Å². The van der Waals surface area contributed by atoms with E-state index >= 15 is 0 Å². The third-order valence-corrected chi connectivity index (χ3v) is 3.27. The summed E-state index contributed by atoms with van der Waals surface area (Å²) >= 11 is 0. The number of nitrogens with zero attached hydrogens (tertiary/aromatic N) is 1. The van der Waals surface area contributed by atoms with Gasteiger partial charge in [-0.05, 0) is 26.0 Å². The topological polar surface area (TPSA) is 113 Å². The van der Waals surface area contributed by atoms with Crippen molar-refractivity contribution >= 4 is 15.5 Å². The van der Waals surface area contributed by atoms with Crippen LogP contribution in [0.25, 0.3) is 0 Å². The van der Waals surface area contributed by atoms with Crippen molar-refractivity contribution in [1.29, 1.82) is 0 Å². The molecule has 0 spiro atoms. The molecule has 0 aliphatic heterocycles. The first-order valence-electron chi connectivity index (χ1n) is 5.41. The summed E-state index contributed by atoms with van der Waals surface area (Å²) < 4.78 is 28.0. The Morgan fingerprint density at radius 1 is 1.42 bits per heavy atom. The fourth-order valence-electron chi connectivity index (χ4n) is 1.26. The average Bonchev–Trinajstić information content (AvgIpc) is 2.23. The van der Waals surface area contributed by atoms with Gasteiger partial charge in [-0.3, -0.25) is 10.1 Å². The van der Waals surface area contributed by atoms with Crippen molar-refractivity contribution in [2.24, 2.45) is 5.73 Å². The standard InChI is InChI=1S/C11H16N2O5S/c1-11(2,12)7-18-10-5-4-8(19(3,16)17)6-9(10)13(14)15/h4-6H,7,12H2,1-3H3. The lowest BCUT2D eigenvalue weighted by Gasteiger charge is -2.18. The molecule has 7 nitrogen and oxygen atoms in total. The molecule has 0 radical (unpaired) electrons. The summed E-state index contributed by atoms with van der Waals surface area (Å²) in [5.41, 5.74) is 4.67. The van der Waals surface area contributed by atoms with Gasteiger partial charge in [-0.15, -0.1) is 0 Å². The molecule has 0 saturated carbocycles. The van der Waals surface area contributed by atoms with Gasteiger partial charge in [0, 0.05) is 17.9 Å². The molecule has 0 heterocycles. The Morgan fingerprint density at radius 2 is 2.00 bits per heavy atom. The predicted molar refractivity (Wildman–Crippen MR) is 70.0 cm³/mol. The molecule has 106 valence electrons. The molecule has 1 aromatic carbocycles. The molecule has 8 heteroatoms. The first-order chi connectivity index (χ1) is 8.50. The molecular weight excluding hydrogens is 272 g/mol. The highest BCUT2D eigenvalue weighted by Gasteiger charge is 2.21. The summed E-state index contributed by atoms with van der Waals surface area (Å²) in [6.07, 6.45) is 0.982. The highest BCUT2D eigenvalue weighted by atomic mass is 32.2. The van der Waals surface area contributed by atoms with E-state index in [4.69, 9.17) is 10.5 Å². The van der Waals surface area contributed by atoms with Crippen molar-refractivity contribution in [3.05, 3.63) is 28.3 Å². The van der Waals surface area contributed by atoms with Crippen LogP contribution in [0.15, 0.2) is 23.1 Å². The van der Waals surface area contributed by atoms with Crippen molar-refractivity contribution in [1.82, 2.24) is 0 Å². The highest BCUT2D eigenvalue weighted by Crippen LogP contribution is 2.30. The number of benzene rings is 1. The molecule has 0 amide bonds. The van der Waals surface area contributed by atoms with Gasteiger partial charge in [-0.25, -0.2) is 8.42 Å². The van der Waals surface area contributed by atoms with Crippen LogP contribution in [-0.2, 0) is 9.84 Å². The lowest BCUT2D eigenvalue weighted by Crippen LogP contribution is -2.38. The quantitative estimate of drug-likeness (QED) is 0.641. The number of nitro groups is 1. The van der Waals surface area contributed by atoms with Gasteiger partial charge in [-0.1, -0.05) is 0 Å². The Labute approximate surface area is 111 Å². The second-order valence-corrected chi connectivity index (χ2v) is 6.95. The van der Waals surface area contributed by atoms with E-state index in [1.807, 2.05) is 0 Å². The van der Waals surface area contributed by atoms with Gasteiger partial charge < -0.3 is 10.5 Å². The zero-order chi connectivity index (χ0) is 14.8. The summed E-state index contributed by atoms with van der Waals surface area (Å²) in [6.45, 7) is 3.50. The van der Waals surface area contributed by atoms with Crippen molar-refractivity contribution in [3.8, 4) is 5.75 Å². The largest absolute Gasteiger partial charge is 0.485 e. The number of rotatable bonds is 5. The molecule has 1 rings (SSSR count). The van der Waals surface area contributed by atoms with E-state index in [9.17, 15) is 18.5 Å². The Balaban J connectivity index is 3.16.